The summed E-state index contributed by atoms with van der Waals surface area (Å²) in [4.78, 5) is 7.80. The van der Waals surface area contributed by atoms with E-state index in [2.05, 4.69) is 9.97 Å². The van der Waals surface area contributed by atoms with Crippen LogP contribution in [-0.4, -0.2) is 22.2 Å². The van der Waals surface area contributed by atoms with Gasteiger partial charge in [-0.15, -0.1) is 0 Å². The number of rotatable bonds is 3. The van der Waals surface area contributed by atoms with Crippen LogP contribution in [0.4, 0.5) is 11.8 Å². The lowest BCUT2D eigenvalue weighted by Crippen LogP contribution is -2.05. The average molecular weight is 271 g/mol. The second-order valence-corrected chi connectivity index (χ2v) is 3.99. The maximum atomic E-state index is 9.33. The Labute approximate surface area is 115 Å². The van der Waals surface area contributed by atoms with Crippen molar-refractivity contribution < 1.29 is 9.84 Å². The second kappa shape index (κ2) is 5.42. The Hall–Kier alpha value is -2.85. The number of nitrogens with two attached hydrogens (primary N) is 2. The highest BCUT2D eigenvalue weighted by molar-refractivity contribution is 5.74. The first-order chi connectivity index (χ1) is 9.60. The third-order valence-electron chi connectivity index (χ3n) is 2.79. The number of aromatic nitrogens is 2. The lowest BCUT2D eigenvalue weighted by molar-refractivity contribution is 0.274. The fourth-order valence-electron chi connectivity index (χ4n) is 1.86. The van der Waals surface area contributed by atoms with E-state index in [1.807, 2.05) is 6.07 Å². The summed E-state index contributed by atoms with van der Waals surface area (Å²) in [6.07, 6.45) is 0. The lowest BCUT2D eigenvalue weighted by atomic mass is 10.0. The van der Waals surface area contributed by atoms with Crippen LogP contribution < -0.4 is 16.2 Å². The van der Waals surface area contributed by atoms with Crippen molar-refractivity contribution in [1.29, 1.82) is 5.26 Å². The van der Waals surface area contributed by atoms with Crippen molar-refractivity contribution in [3.63, 3.8) is 0 Å². The van der Waals surface area contributed by atoms with Gasteiger partial charge in [-0.25, -0.2) is 4.98 Å². The van der Waals surface area contributed by atoms with Crippen LogP contribution in [0.25, 0.3) is 11.3 Å². The molecule has 7 heteroatoms. The van der Waals surface area contributed by atoms with E-state index in [0.717, 1.165) is 0 Å². The molecule has 0 aliphatic heterocycles. The third-order valence-corrected chi connectivity index (χ3v) is 2.79. The zero-order chi connectivity index (χ0) is 14.7. The van der Waals surface area contributed by atoms with E-state index in [1.165, 1.54) is 7.11 Å². The number of hydrogen-bond donors (Lipinski definition) is 3. The highest BCUT2D eigenvalue weighted by Gasteiger charge is 2.14. The predicted octanol–water partition coefficient (Wildman–Crippen LogP) is 0.681. The molecular weight excluding hydrogens is 258 g/mol. The molecule has 0 fully saturated rings. The summed E-state index contributed by atoms with van der Waals surface area (Å²) in [6.45, 7) is -0.199. The van der Waals surface area contributed by atoms with Crippen LogP contribution in [0.5, 0.6) is 5.75 Å². The van der Waals surface area contributed by atoms with Crippen molar-refractivity contribution in [2.45, 2.75) is 6.61 Å². The molecule has 0 aliphatic carbocycles. The van der Waals surface area contributed by atoms with Crippen LogP contribution in [0.15, 0.2) is 18.2 Å². The van der Waals surface area contributed by atoms with Gasteiger partial charge in [-0.2, -0.15) is 10.2 Å². The highest BCUT2D eigenvalue weighted by Crippen LogP contribution is 2.29. The minimum Gasteiger partial charge on any atom is -0.496 e. The number of methoxy groups -OCH3 is 1. The molecule has 0 atom stereocenters. The van der Waals surface area contributed by atoms with E-state index in [-0.39, 0.29) is 23.9 Å². The fourth-order valence-corrected chi connectivity index (χ4v) is 1.86. The smallest absolute Gasteiger partial charge is 0.222 e. The summed E-state index contributed by atoms with van der Waals surface area (Å²) in [5, 5.41) is 18.5. The van der Waals surface area contributed by atoms with Crippen molar-refractivity contribution in [1.82, 2.24) is 9.97 Å². The Bertz CT molecular complexity index is 694. The number of ether oxygens (including phenoxy) is 1. The van der Waals surface area contributed by atoms with E-state index in [0.29, 0.717) is 22.6 Å². The Morgan fingerprint density at radius 3 is 2.70 bits per heavy atom. The molecule has 0 aliphatic rings. The Kier molecular flexibility index (Phi) is 3.68. The van der Waals surface area contributed by atoms with Crippen LogP contribution in [0, 0.1) is 11.3 Å². The summed E-state index contributed by atoms with van der Waals surface area (Å²) in [5.74, 6) is 0.555. The van der Waals surface area contributed by atoms with Gasteiger partial charge in [0.1, 0.15) is 23.2 Å². The first-order valence-corrected chi connectivity index (χ1v) is 5.72. The molecule has 1 heterocycles. The standard InChI is InChI=1S/C13H13N5O2/c1-20-10-3-2-7(4-8(10)6-19)11-9(5-14)12(15)18-13(16)17-11/h2-4,19H,6H2,1H3,(H4,15,16,17,18). The van der Waals surface area contributed by atoms with E-state index < -0.39 is 0 Å². The minimum atomic E-state index is -0.199. The van der Waals surface area contributed by atoms with Crippen LogP contribution in [0.3, 0.4) is 0 Å². The molecule has 20 heavy (non-hydrogen) atoms. The van der Waals surface area contributed by atoms with Crippen LogP contribution in [-0.2, 0) is 6.61 Å². The zero-order valence-corrected chi connectivity index (χ0v) is 10.8. The maximum Gasteiger partial charge on any atom is 0.222 e. The Balaban J connectivity index is 2.66. The first kappa shape index (κ1) is 13.6. The molecule has 0 saturated heterocycles. The van der Waals surface area contributed by atoms with Gasteiger partial charge in [0.05, 0.1) is 19.4 Å². The van der Waals surface area contributed by atoms with E-state index in [1.54, 1.807) is 18.2 Å². The molecule has 0 amide bonds. The first-order valence-electron chi connectivity index (χ1n) is 5.72. The molecular formula is C13H13N5O2. The largest absolute Gasteiger partial charge is 0.496 e. The number of benzene rings is 1. The number of aliphatic hydroxyl groups is 1. The number of nitrogens with zero attached hydrogens (tertiary/aromatic N) is 3. The van der Waals surface area contributed by atoms with Gasteiger partial charge in [-0.1, -0.05) is 0 Å². The van der Waals surface area contributed by atoms with Gasteiger partial charge < -0.3 is 21.3 Å². The third kappa shape index (κ3) is 2.32. The van der Waals surface area contributed by atoms with Gasteiger partial charge in [0.2, 0.25) is 5.95 Å². The summed E-state index contributed by atoms with van der Waals surface area (Å²) < 4.78 is 5.12. The Morgan fingerprint density at radius 2 is 2.10 bits per heavy atom. The van der Waals surface area contributed by atoms with Crippen LogP contribution in [0.2, 0.25) is 0 Å². The number of aliphatic hydroxyl groups excluding tert-OH is 1. The number of nitriles is 1. The molecule has 0 radical (unpaired) electrons. The quantitative estimate of drug-likeness (QED) is 0.747. The highest BCUT2D eigenvalue weighted by atomic mass is 16.5. The van der Waals surface area contributed by atoms with Gasteiger partial charge in [0.15, 0.2) is 0 Å². The summed E-state index contributed by atoms with van der Waals surface area (Å²) in [6, 6.07) is 7.01. The van der Waals surface area contributed by atoms with Gasteiger partial charge in [0, 0.05) is 11.1 Å². The van der Waals surface area contributed by atoms with Gasteiger partial charge in [-0.3, -0.25) is 0 Å². The van der Waals surface area contributed by atoms with Crippen LogP contribution >= 0.6 is 0 Å². The summed E-state index contributed by atoms with van der Waals surface area (Å²) >= 11 is 0. The SMILES string of the molecule is COc1ccc(-c2nc(N)nc(N)c2C#N)cc1CO. The molecule has 0 bridgehead atoms. The van der Waals surface area contributed by atoms with E-state index in [4.69, 9.17) is 21.5 Å². The Morgan fingerprint density at radius 1 is 1.35 bits per heavy atom. The van der Waals surface area contributed by atoms with Crippen molar-refractivity contribution in [2.75, 3.05) is 18.6 Å². The lowest BCUT2D eigenvalue weighted by Gasteiger charge is -2.10. The van der Waals surface area contributed by atoms with Crippen LogP contribution in [0.1, 0.15) is 11.1 Å². The maximum absolute atomic E-state index is 9.33. The average Bonchev–Trinajstić information content (AvgIpc) is 2.45. The number of hydrogen-bond acceptors (Lipinski definition) is 7. The molecule has 0 saturated carbocycles. The van der Waals surface area contributed by atoms with Gasteiger partial charge in [-0.05, 0) is 18.2 Å². The molecule has 102 valence electrons. The van der Waals surface area contributed by atoms with Crippen molar-refractivity contribution in [3.05, 3.63) is 29.3 Å². The summed E-state index contributed by atoms with van der Waals surface area (Å²) in [7, 11) is 1.51. The zero-order valence-electron chi connectivity index (χ0n) is 10.8. The van der Waals surface area contributed by atoms with E-state index in [9.17, 15) is 5.11 Å². The van der Waals surface area contributed by atoms with Crippen molar-refractivity contribution in [2.24, 2.45) is 0 Å². The van der Waals surface area contributed by atoms with E-state index >= 15 is 0 Å². The number of nitrogen functional groups attached to an aromatic ring is 2. The molecule has 1 aromatic carbocycles. The minimum absolute atomic E-state index is 0.0159. The molecule has 0 unspecified atom stereocenters. The summed E-state index contributed by atoms with van der Waals surface area (Å²) in [5.41, 5.74) is 12.9. The van der Waals surface area contributed by atoms with Gasteiger partial charge >= 0.3 is 0 Å². The fraction of sp³-hybridized carbons (Fsp3) is 0.154. The molecule has 7 nitrogen and oxygen atoms in total. The molecule has 0 spiro atoms. The van der Waals surface area contributed by atoms with Gasteiger partial charge in [0.25, 0.3) is 0 Å². The predicted molar refractivity (Wildman–Crippen MR) is 73.5 cm³/mol. The number of anilines is 2. The molecule has 5 N–H and O–H groups in total. The van der Waals surface area contributed by atoms with Crippen molar-refractivity contribution in [3.8, 4) is 23.1 Å². The molecule has 2 aromatic rings. The van der Waals surface area contributed by atoms with Crippen molar-refractivity contribution >= 4 is 11.8 Å². The molecule has 1 aromatic heterocycles. The topological polar surface area (TPSA) is 131 Å². The normalized spacial score (nSPS) is 10.1. The monoisotopic (exact) mass is 271 g/mol. The second-order valence-electron chi connectivity index (χ2n) is 3.99. The molecule has 2 rings (SSSR count).